The predicted molar refractivity (Wildman–Crippen MR) is 85.8 cm³/mol. The first kappa shape index (κ1) is 15.5. The van der Waals surface area contributed by atoms with Crippen molar-refractivity contribution in [3.8, 4) is 0 Å². The Bertz CT molecular complexity index is 405. The first-order valence-electron chi connectivity index (χ1n) is 7.90. The minimum absolute atomic E-state index is 0.661. The third-order valence-electron chi connectivity index (χ3n) is 4.30. The van der Waals surface area contributed by atoms with Gasteiger partial charge < -0.3 is 10.2 Å². The van der Waals surface area contributed by atoms with E-state index in [1.54, 1.807) is 0 Å². The van der Waals surface area contributed by atoms with Crippen molar-refractivity contribution in [2.45, 2.75) is 39.4 Å². The van der Waals surface area contributed by atoms with Gasteiger partial charge in [0.1, 0.15) is 0 Å². The molecule has 1 saturated heterocycles. The van der Waals surface area contributed by atoms with Crippen LogP contribution in [0.3, 0.4) is 0 Å². The topological polar surface area (TPSA) is 18.5 Å². The zero-order chi connectivity index (χ0) is 14.4. The summed E-state index contributed by atoms with van der Waals surface area (Å²) < 4.78 is 0. The summed E-state index contributed by atoms with van der Waals surface area (Å²) in [6.45, 7) is 11.2. The molecule has 0 radical (unpaired) electrons. The van der Waals surface area contributed by atoms with Gasteiger partial charge in [0.25, 0.3) is 0 Å². The molecule has 1 unspecified atom stereocenters. The minimum Gasteiger partial charge on any atom is -0.313 e. The Morgan fingerprint density at radius 3 is 2.65 bits per heavy atom. The van der Waals surface area contributed by atoms with E-state index in [2.05, 4.69) is 60.3 Å². The highest BCUT2D eigenvalue weighted by atomic mass is 15.3. The van der Waals surface area contributed by atoms with Crippen molar-refractivity contribution < 1.29 is 0 Å². The van der Waals surface area contributed by atoms with Crippen LogP contribution in [-0.4, -0.2) is 49.1 Å². The van der Waals surface area contributed by atoms with Gasteiger partial charge in [-0.15, -0.1) is 0 Å². The molecule has 1 aromatic rings. The quantitative estimate of drug-likeness (QED) is 0.804. The summed E-state index contributed by atoms with van der Waals surface area (Å²) in [6.07, 6.45) is 1.19. The summed E-state index contributed by atoms with van der Waals surface area (Å²) in [5.41, 5.74) is 2.93. The Kier molecular flexibility index (Phi) is 6.02. The van der Waals surface area contributed by atoms with Crippen molar-refractivity contribution >= 4 is 0 Å². The van der Waals surface area contributed by atoms with E-state index in [0.29, 0.717) is 6.04 Å². The van der Waals surface area contributed by atoms with Crippen LogP contribution in [-0.2, 0) is 13.1 Å². The molecule has 1 atom stereocenters. The van der Waals surface area contributed by atoms with Gasteiger partial charge in [0, 0.05) is 38.8 Å². The fourth-order valence-corrected chi connectivity index (χ4v) is 2.79. The second-order valence-corrected chi connectivity index (χ2v) is 6.01. The highest BCUT2D eigenvalue weighted by Gasteiger charge is 2.20. The van der Waals surface area contributed by atoms with Crippen LogP contribution in [0.25, 0.3) is 0 Å². The summed E-state index contributed by atoms with van der Waals surface area (Å²) in [7, 11) is 2.23. The van der Waals surface area contributed by atoms with Crippen LogP contribution in [0.4, 0.5) is 0 Å². The first-order valence-corrected chi connectivity index (χ1v) is 7.90. The van der Waals surface area contributed by atoms with Crippen LogP contribution in [0.1, 0.15) is 31.4 Å². The van der Waals surface area contributed by atoms with Gasteiger partial charge in [-0.05, 0) is 38.1 Å². The van der Waals surface area contributed by atoms with Crippen LogP contribution < -0.4 is 5.32 Å². The maximum atomic E-state index is 3.52. The van der Waals surface area contributed by atoms with E-state index < -0.39 is 0 Å². The third-order valence-corrected chi connectivity index (χ3v) is 4.30. The van der Waals surface area contributed by atoms with Gasteiger partial charge in [-0.3, -0.25) is 4.90 Å². The van der Waals surface area contributed by atoms with Gasteiger partial charge in [-0.25, -0.2) is 0 Å². The molecule has 3 nitrogen and oxygen atoms in total. The van der Waals surface area contributed by atoms with Gasteiger partial charge in [0.2, 0.25) is 0 Å². The third kappa shape index (κ3) is 4.30. The lowest BCUT2D eigenvalue weighted by Gasteiger charge is -2.38. The molecular weight excluding hydrogens is 246 g/mol. The summed E-state index contributed by atoms with van der Waals surface area (Å²) in [5.74, 6) is 0. The van der Waals surface area contributed by atoms with Crippen LogP contribution in [0.15, 0.2) is 24.3 Å². The molecular formula is C17H29N3. The molecule has 2 rings (SSSR count). The van der Waals surface area contributed by atoms with Gasteiger partial charge in [0.15, 0.2) is 0 Å². The molecule has 1 heterocycles. The molecule has 0 amide bonds. The molecule has 1 aromatic carbocycles. The van der Waals surface area contributed by atoms with Crippen molar-refractivity contribution in [1.82, 2.24) is 15.1 Å². The van der Waals surface area contributed by atoms with Crippen molar-refractivity contribution in [1.29, 1.82) is 0 Å². The smallest absolute Gasteiger partial charge is 0.0238 e. The van der Waals surface area contributed by atoms with E-state index in [4.69, 9.17) is 0 Å². The molecule has 1 aliphatic heterocycles. The van der Waals surface area contributed by atoms with E-state index in [-0.39, 0.29) is 0 Å². The van der Waals surface area contributed by atoms with Crippen molar-refractivity contribution in [3.05, 3.63) is 35.4 Å². The summed E-state index contributed by atoms with van der Waals surface area (Å²) >= 11 is 0. The number of nitrogens with one attached hydrogen (secondary N) is 1. The lowest BCUT2D eigenvalue weighted by Crippen LogP contribution is -2.49. The molecule has 0 spiro atoms. The largest absolute Gasteiger partial charge is 0.313 e. The molecule has 0 aliphatic carbocycles. The number of rotatable bonds is 6. The number of benzene rings is 1. The Labute approximate surface area is 124 Å². The van der Waals surface area contributed by atoms with Crippen LogP contribution in [0, 0.1) is 0 Å². The van der Waals surface area contributed by atoms with E-state index in [9.17, 15) is 0 Å². The average molecular weight is 275 g/mol. The second kappa shape index (κ2) is 7.77. The molecule has 0 bridgehead atoms. The number of hydrogen-bond donors (Lipinski definition) is 1. The van der Waals surface area contributed by atoms with E-state index >= 15 is 0 Å². The maximum Gasteiger partial charge on any atom is 0.0238 e. The summed E-state index contributed by atoms with van der Waals surface area (Å²) in [5, 5.41) is 3.52. The lowest BCUT2D eigenvalue weighted by molar-refractivity contribution is 0.0998. The van der Waals surface area contributed by atoms with Gasteiger partial charge in [-0.2, -0.15) is 0 Å². The van der Waals surface area contributed by atoms with Crippen LogP contribution >= 0.6 is 0 Å². The van der Waals surface area contributed by atoms with Crippen LogP contribution in [0.5, 0.6) is 0 Å². The highest BCUT2D eigenvalue weighted by molar-refractivity contribution is 5.27. The Morgan fingerprint density at radius 1 is 1.20 bits per heavy atom. The Morgan fingerprint density at radius 2 is 1.95 bits per heavy atom. The molecule has 1 aliphatic rings. The van der Waals surface area contributed by atoms with Crippen molar-refractivity contribution in [2.75, 3.05) is 33.2 Å². The monoisotopic (exact) mass is 275 g/mol. The van der Waals surface area contributed by atoms with E-state index in [1.807, 2.05) is 0 Å². The summed E-state index contributed by atoms with van der Waals surface area (Å²) in [4.78, 5) is 5.04. The van der Waals surface area contributed by atoms with E-state index in [0.717, 1.165) is 19.6 Å². The van der Waals surface area contributed by atoms with Gasteiger partial charge in [0.05, 0.1) is 0 Å². The number of hydrogen-bond acceptors (Lipinski definition) is 3. The van der Waals surface area contributed by atoms with Crippen LogP contribution in [0.2, 0.25) is 0 Å². The predicted octanol–water partition coefficient (Wildman–Crippen LogP) is 2.32. The minimum atomic E-state index is 0.661. The molecule has 0 aromatic heterocycles. The van der Waals surface area contributed by atoms with E-state index in [1.165, 1.54) is 37.2 Å². The summed E-state index contributed by atoms with van der Waals surface area (Å²) in [6, 6.07) is 9.52. The highest BCUT2D eigenvalue weighted by Crippen LogP contribution is 2.15. The molecule has 1 fully saturated rings. The second-order valence-electron chi connectivity index (χ2n) is 6.01. The Hall–Kier alpha value is -0.900. The standard InChI is InChI=1S/C17H29N3/c1-4-9-18-12-16-7-5-6-8-17(16)14-20-11-10-19(3)15(2)13-20/h5-8,15,18H,4,9-14H2,1-3H3. The maximum absolute atomic E-state index is 3.52. The fourth-order valence-electron chi connectivity index (χ4n) is 2.79. The van der Waals surface area contributed by atoms with Crippen molar-refractivity contribution in [3.63, 3.8) is 0 Å². The molecule has 3 heteroatoms. The van der Waals surface area contributed by atoms with Crippen molar-refractivity contribution in [2.24, 2.45) is 0 Å². The molecule has 112 valence electrons. The number of likely N-dealkylation sites (N-methyl/N-ethyl adjacent to an activating group) is 1. The number of nitrogens with zero attached hydrogens (tertiary/aromatic N) is 2. The lowest BCUT2D eigenvalue weighted by atomic mass is 10.1. The Balaban J connectivity index is 1.94. The first-order chi connectivity index (χ1) is 9.70. The molecule has 1 N–H and O–H groups in total. The molecule has 20 heavy (non-hydrogen) atoms. The zero-order valence-corrected chi connectivity index (χ0v) is 13.2. The normalized spacial score (nSPS) is 21.2. The van der Waals surface area contributed by atoms with Gasteiger partial charge in [-0.1, -0.05) is 31.2 Å². The number of piperazine rings is 1. The zero-order valence-electron chi connectivity index (χ0n) is 13.2. The average Bonchev–Trinajstić information content (AvgIpc) is 2.45. The SMILES string of the molecule is CCCNCc1ccccc1CN1CCN(C)C(C)C1. The molecule has 0 saturated carbocycles. The fraction of sp³-hybridized carbons (Fsp3) is 0.647. The van der Waals surface area contributed by atoms with Gasteiger partial charge >= 0.3 is 0 Å².